The molecule has 1 aromatic rings. The fourth-order valence-corrected chi connectivity index (χ4v) is 2.80. The van der Waals surface area contributed by atoms with Gasteiger partial charge in [-0.25, -0.2) is 0 Å². The second kappa shape index (κ2) is 3.88. The highest BCUT2D eigenvalue weighted by Crippen LogP contribution is 2.39. The summed E-state index contributed by atoms with van der Waals surface area (Å²) < 4.78 is 5.50. The molecule has 0 amide bonds. The lowest BCUT2D eigenvalue weighted by Crippen LogP contribution is -2.11. The standard InChI is InChI=1S/C14H20O/c1-9-6-5-7-12-13(15-4)8-10(2)11(3)14(9)12/h8-9H,5-7H2,1-4H3. The summed E-state index contributed by atoms with van der Waals surface area (Å²) in [5.41, 5.74) is 5.84. The number of methoxy groups -OCH3 is 1. The maximum Gasteiger partial charge on any atom is 0.122 e. The molecule has 1 aromatic carbocycles. The third-order valence-corrected chi connectivity index (χ3v) is 3.74. The van der Waals surface area contributed by atoms with Crippen LogP contribution in [0.2, 0.25) is 0 Å². The molecule has 0 aromatic heterocycles. The second-order valence-electron chi connectivity index (χ2n) is 4.71. The van der Waals surface area contributed by atoms with Gasteiger partial charge in [-0.3, -0.25) is 0 Å². The molecule has 2 rings (SSSR count). The van der Waals surface area contributed by atoms with Crippen molar-refractivity contribution in [3.8, 4) is 5.75 Å². The minimum atomic E-state index is 0.697. The highest BCUT2D eigenvalue weighted by Gasteiger charge is 2.22. The van der Waals surface area contributed by atoms with Crippen molar-refractivity contribution in [2.75, 3.05) is 7.11 Å². The summed E-state index contributed by atoms with van der Waals surface area (Å²) in [6, 6.07) is 2.19. The molecule has 0 aliphatic heterocycles. The molecule has 0 fully saturated rings. The van der Waals surface area contributed by atoms with Crippen molar-refractivity contribution in [3.63, 3.8) is 0 Å². The highest BCUT2D eigenvalue weighted by atomic mass is 16.5. The summed E-state index contributed by atoms with van der Waals surface area (Å²) in [6.07, 6.45) is 3.80. The summed E-state index contributed by atoms with van der Waals surface area (Å²) in [6.45, 7) is 6.76. The molecule has 15 heavy (non-hydrogen) atoms. The lowest BCUT2D eigenvalue weighted by atomic mass is 9.79. The molecule has 0 spiro atoms. The van der Waals surface area contributed by atoms with Crippen LogP contribution in [0.1, 0.15) is 47.9 Å². The van der Waals surface area contributed by atoms with Gasteiger partial charge < -0.3 is 4.74 Å². The topological polar surface area (TPSA) is 9.23 Å². The van der Waals surface area contributed by atoms with Crippen LogP contribution in [0.25, 0.3) is 0 Å². The van der Waals surface area contributed by atoms with Gasteiger partial charge in [-0.05, 0) is 67.3 Å². The number of ether oxygens (including phenoxy) is 1. The van der Waals surface area contributed by atoms with E-state index in [1.807, 2.05) is 0 Å². The molecule has 1 aliphatic carbocycles. The second-order valence-corrected chi connectivity index (χ2v) is 4.71. The van der Waals surface area contributed by atoms with E-state index in [4.69, 9.17) is 4.74 Å². The Morgan fingerprint density at radius 1 is 1.33 bits per heavy atom. The van der Waals surface area contributed by atoms with E-state index in [0.29, 0.717) is 5.92 Å². The Bertz CT molecular complexity index is 379. The molecule has 0 heterocycles. The fourth-order valence-electron chi connectivity index (χ4n) is 2.80. The molecule has 0 N–H and O–H groups in total. The first-order valence-corrected chi connectivity index (χ1v) is 5.82. The van der Waals surface area contributed by atoms with Gasteiger partial charge in [-0.2, -0.15) is 0 Å². The van der Waals surface area contributed by atoms with Crippen molar-refractivity contribution in [3.05, 3.63) is 28.3 Å². The summed E-state index contributed by atoms with van der Waals surface area (Å²) in [4.78, 5) is 0. The first-order valence-electron chi connectivity index (χ1n) is 5.82. The molecule has 1 nitrogen and oxygen atoms in total. The molecular formula is C14H20O. The molecule has 82 valence electrons. The minimum absolute atomic E-state index is 0.697. The van der Waals surface area contributed by atoms with Crippen molar-refractivity contribution in [1.29, 1.82) is 0 Å². The van der Waals surface area contributed by atoms with Crippen LogP contribution in [0.5, 0.6) is 5.75 Å². The van der Waals surface area contributed by atoms with Gasteiger partial charge in [0.15, 0.2) is 0 Å². The van der Waals surface area contributed by atoms with Crippen LogP contribution in [0.3, 0.4) is 0 Å². The maximum absolute atomic E-state index is 5.50. The Hall–Kier alpha value is -0.980. The summed E-state index contributed by atoms with van der Waals surface area (Å²) >= 11 is 0. The average Bonchev–Trinajstić information content (AvgIpc) is 2.23. The van der Waals surface area contributed by atoms with Crippen LogP contribution in [0.15, 0.2) is 6.07 Å². The van der Waals surface area contributed by atoms with Gasteiger partial charge in [0.25, 0.3) is 0 Å². The third-order valence-electron chi connectivity index (χ3n) is 3.74. The van der Waals surface area contributed by atoms with E-state index in [1.165, 1.54) is 36.0 Å². The Morgan fingerprint density at radius 3 is 2.73 bits per heavy atom. The molecule has 1 atom stereocenters. The fraction of sp³-hybridized carbons (Fsp3) is 0.571. The smallest absolute Gasteiger partial charge is 0.122 e. The van der Waals surface area contributed by atoms with Crippen LogP contribution in [-0.4, -0.2) is 7.11 Å². The normalized spacial score (nSPS) is 19.9. The van der Waals surface area contributed by atoms with Crippen LogP contribution in [0.4, 0.5) is 0 Å². The van der Waals surface area contributed by atoms with E-state index < -0.39 is 0 Å². The summed E-state index contributed by atoms with van der Waals surface area (Å²) in [5, 5.41) is 0. The molecule has 1 heteroatoms. The number of fused-ring (bicyclic) bond motifs is 1. The van der Waals surface area contributed by atoms with Gasteiger partial charge in [0.05, 0.1) is 7.11 Å². The van der Waals surface area contributed by atoms with E-state index in [1.54, 1.807) is 12.7 Å². The SMILES string of the molecule is COc1cc(C)c(C)c2c1CCCC2C. The highest BCUT2D eigenvalue weighted by molar-refractivity contribution is 5.51. The predicted molar refractivity (Wildman–Crippen MR) is 63.8 cm³/mol. The lowest BCUT2D eigenvalue weighted by Gasteiger charge is -2.27. The van der Waals surface area contributed by atoms with Gasteiger partial charge in [0, 0.05) is 0 Å². The maximum atomic E-state index is 5.50. The van der Waals surface area contributed by atoms with Gasteiger partial charge >= 0.3 is 0 Å². The Kier molecular flexibility index (Phi) is 2.72. The molecule has 1 aliphatic rings. The van der Waals surface area contributed by atoms with E-state index in [-0.39, 0.29) is 0 Å². The van der Waals surface area contributed by atoms with Crippen molar-refractivity contribution in [1.82, 2.24) is 0 Å². The number of rotatable bonds is 1. The van der Waals surface area contributed by atoms with Crippen molar-refractivity contribution >= 4 is 0 Å². The molecular weight excluding hydrogens is 184 g/mol. The predicted octanol–water partition coefficient (Wildman–Crippen LogP) is 3.75. The lowest BCUT2D eigenvalue weighted by molar-refractivity contribution is 0.403. The van der Waals surface area contributed by atoms with Crippen molar-refractivity contribution in [2.45, 2.75) is 46.0 Å². The van der Waals surface area contributed by atoms with Gasteiger partial charge in [0.2, 0.25) is 0 Å². The molecule has 0 bridgehead atoms. The zero-order valence-electron chi connectivity index (χ0n) is 10.2. The van der Waals surface area contributed by atoms with E-state index in [9.17, 15) is 0 Å². The van der Waals surface area contributed by atoms with E-state index in [2.05, 4.69) is 26.8 Å². The van der Waals surface area contributed by atoms with E-state index in [0.717, 1.165) is 5.75 Å². The summed E-state index contributed by atoms with van der Waals surface area (Å²) in [7, 11) is 1.78. The van der Waals surface area contributed by atoms with Crippen LogP contribution in [-0.2, 0) is 6.42 Å². The summed E-state index contributed by atoms with van der Waals surface area (Å²) in [5.74, 6) is 1.79. The number of benzene rings is 1. The average molecular weight is 204 g/mol. The van der Waals surface area contributed by atoms with Crippen LogP contribution >= 0.6 is 0 Å². The Labute approximate surface area is 92.5 Å². The van der Waals surface area contributed by atoms with E-state index >= 15 is 0 Å². The van der Waals surface area contributed by atoms with Crippen LogP contribution in [0, 0.1) is 13.8 Å². The molecule has 1 unspecified atom stereocenters. The zero-order valence-corrected chi connectivity index (χ0v) is 10.2. The van der Waals surface area contributed by atoms with Crippen molar-refractivity contribution < 1.29 is 4.74 Å². The number of hydrogen-bond donors (Lipinski definition) is 0. The Morgan fingerprint density at radius 2 is 2.07 bits per heavy atom. The monoisotopic (exact) mass is 204 g/mol. The molecule has 0 radical (unpaired) electrons. The van der Waals surface area contributed by atoms with Gasteiger partial charge in [0.1, 0.15) is 5.75 Å². The number of aryl methyl sites for hydroxylation is 1. The number of hydrogen-bond acceptors (Lipinski definition) is 1. The van der Waals surface area contributed by atoms with Gasteiger partial charge in [-0.15, -0.1) is 0 Å². The van der Waals surface area contributed by atoms with Gasteiger partial charge in [-0.1, -0.05) is 6.92 Å². The first-order chi connectivity index (χ1) is 7.15. The Balaban J connectivity index is 2.65. The van der Waals surface area contributed by atoms with Crippen LogP contribution < -0.4 is 4.74 Å². The first kappa shape index (κ1) is 10.5. The largest absolute Gasteiger partial charge is 0.496 e. The molecule has 0 saturated heterocycles. The quantitative estimate of drug-likeness (QED) is 0.677. The third kappa shape index (κ3) is 1.64. The minimum Gasteiger partial charge on any atom is -0.496 e. The molecule has 0 saturated carbocycles. The zero-order chi connectivity index (χ0) is 11.0. The van der Waals surface area contributed by atoms with Crippen molar-refractivity contribution in [2.24, 2.45) is 0 Å².